The van der Waals surface area contributed by atoms with Gasteiger partial charge in [0.1, 0.15) is 5.82 Å². The highest BCUT2D eigenvalue weighted by Gasteiger charge is 2.44. The topological polar surface area (TPSA) is 78.9 Å². The summed E-state index contributed by atoms with van der Waals surface area (Å²) >= 11 is 0. The standard InChI is InChI=1S/C29H31FN2O5/c1-18-23(11-20-12-26(34-2)29(36-4,37-5)27(13-20)35-3)22-9-8-21(30)14-25(22)24(18)15-28(33)32-17-19-7-6-10-31-16-19/h6-14,16,24H,15,17H2,1-5H3,(H,32,33). The molecule has 2 aliphatic rings. The lowest BCUT2D eigenvalue weighted by atomic mass is 9.92. The number of carbonyl (C=O) groups is 1. The summed E-state index contributed by atoms with van der Waals surface area (Å²) in [6.45, 7) is 2.35. The molecule has 0 bridgehead atoms. The van der Waals surface area contributed by atoms with E-state index < -0.39 is 5.79 Å². The van der Waals surface area contributed by atoms with E-state index in [1.54, 1.807) is 18.5 Å². The molecule has 1 atom stereocenters. The number of ether oxygens (including phenoxy) is 4. The molecule has 0 aliphatic heterocycles. The number of benzene rings is 1. The van der Waals surface area contributed by atoms with E-state index in [4.69, 9.17) is 18.9 Å². The van der Waals surface area contributed by atoms with Crippen LogP contribution in [0.3, 0.4) is 0 Å². The van der Waals surface area contributed by atoms with E-state index in [1.165, 1.54) is 40.6 Å². The van der Waals surface area contributed by atoms with Gasteiger partial charge in [-0.2, -0.15) is 0 Å². The molecule has 0 spiro atoms. The first-order valence-electron chi connectivity index (χ1n) is 11.9. The van der Waals surface area contributed by atoms with Crippen molar-refractivity contribution in [2.75, 3.05) is 28.4 Å². The third-order valence-electron chi connectivity index (χ3n) is 6.80. The van der Waals surface area contributed by atoms with Gasteiger partial charge in [-0.05, 0) is 71.2 Å². The summed E-state index contributed by atoms with van der Waals surface area (Å²) in [5.41, 5.74) is 5.24. The quantitative estimate of drug-likeness (QED) is 0.493. The van der Waals surface area contributed by atoms with E-state index in [-0.39, 0.29) is 24.1 Å². The molecule has 0 saturated heterocycles. The summed E-state index contributed by atoms with van der Waals surface area (Å²) < 4.78 is 36.7. The summed E-state index contributed by atoms with van der Waals surface area (Å²) in [6.07, 6.45) is 9.20. The Labute approximate surface area is 216 Å². The van der Waals surface area contributed by atoms with Gasteiger partial charge < -0.3 is 24.3 Å². The molecule has 0 fully saturated rings. The van der Waals surface area contributed by atoms with Crippen molar-refractivity contribution in [1.29, 1.82) is 0 Å². The van der Waals surface area contributed by atoms with Crippen molar-refractivity contribution in [3.8, 4) is 0 Å². The Morgan fingerprint density at radius 3 is 2.41 bits per heavy atom. The molecule has 1 N–H and O–H groups in total. The minimum atomic E-state index is -1.30. The number of hydrogen-bond acceptors (Lipinski definition) is 6. The SMILES string of the molecule is COC1=CC(=CC2=C(C)C(CC(=O)NCc3cccnc3)c3cc(F)ccc32)C=C(OC)C1(OC)OC. The van der Waals surface area contributed by atoms with Crippen LogP contribution in [0.25, 0.3) is 5.57 Å². The number of methoxy groups -OCH3 is 4. The number of hydrogen-bond donors (Lipinski definition) is 1. The van der Waals surface area contributed by atoms with E-state index in [0.717, 1.165) is 33.4 Å². The van der Waals surface area contributed by atoms with Crippen LogP contribution in [0.2, 0.25) is 0 Å². The van der Waals surface area contributed by atoms with Crippen molar-refractivity contribution in [1.82, 2.24) is 10.3 Å². The second kappa shape index (κ2) is 11.1. The number of fused-ring (bicyclic) bond motifs is 1. The van der Waals surface area contributed by atoms with Crippen LogP contribution in [0.4, 0.5) is 4.39 Å². The van der Waals surface area contributed by atoms with Gasteiger partial charge in [0.2, 0.25) is 5.91 Å². The summed E-state index contributed by atoms with van der Waals surface area (Å²) in [5, 5.41) is 2.95. The molecule has 1 unspecified atom stereocenters. The van der Waals surface area contributed by atoms with Crippen LogP contribution in [-0.2, 0) is 30.3 Å². The number of carbonyl (C=O) groups excluding carboxylic acids is 1. The normalized spacial score (nSPS) is 18.1. The molecule has 194 valence electrons. The number of nitrogens with zero attached hydrogens (tertiary/aromatic N) is 1. The maximum atomic E-state index is 14.3. The smallest absolute Gasteiger partial charge is 0.287 e. The van der Waals surface area contributed by atoms with Gasteiger partial charge in [-0.3, -0.25) is 9.78 Å². The Morgan fingerprint density at radius 1 is 1.11 bits per heavy atom. The predicted molar refractivity (Wildman–Crippen MR) is 137 cm³/mol. The molecule has 0 saturated carbocycles. The highest BCUT2D eigenvalue weighted by atomic mass is 19.1. The fraction of sp³-hybridized carbons (Fsp3) is 0.310. The van der Waals surface area contributed by atoms with Crippen LogP contribution in [0, 0.1) is 5.82 Å². The van der Waals surface area contributed by atoms with Crippen molar-refractivity contribution in [2.45, 2.75) is 31.6 Å². The number of nitrogens with one attached hydrogen (secondary N) is 1. The van der Waals surface area contributed by atoms with Gasteiger partial charge >= 0.3 is 0 Å². The average molecular weight is 507 g/mol. The molecule has 37 heavy (non-hydrogen) atoms. The zero-order valence-electron chi connectivity index (χ0n) is 21.6. The van der Waals surface area contributed by atoms with Crippen molar-refractivity contribution >= 4 is 11.5 Å². The summed E-state index contributed by atoms with van der Waals surface area (Å²) in [5.74, 6) is -1.18. The first-order chi connectivity index (χ1) is 17.9. The van der Waals surface area contributed by atoms with Crippen LogP contribution in [0.15, 0.2) is 83.6 Å². The molecule has 0 radical (unpaired) electrons. The molecule has 2 aliphatic carbocycles. The van der Waals surface area contributed by atoms with Gasteiger partial charge in [-0.15, -0.1) is 0 Å². The zero-order chi connectivity index (χ0) is 26.6. The van der Waals surface area contributed by atoms with Crippen molar-refractivity contribution in [3.05, 3.63) is 106 Å². The Bertz CT molecular complexity index is 1270. The zero-order valence-corrected chi connectivity index (χ0v) is 21.6. The fourth-order valence-corrected chi connectivity index (χ4v) is 4.89. The first-order valence-corrected chi connectivity index (χ1v) is 11.9. The first kappa shape index (κ1) is 26.3. The maximum Gasteiger partial charge on any atom is 0.287 e. The third-order valence-corrected chi connectivity index (χ3v) is 6.80. The predicted octanol–water partition coefficient (Wildman–Crippen LogP) is 4.79. The van der Waals surface area contributed by atoms with Crippen LogP contribution >= 0.6 is 0 Å². The van der Waals surface area contributed by atoms with E-state index in [9.17, 15) is 9.18 Å². The number of amides is 1. The van der Waals surface area contributed by atoms with Crippen LogP contribution in [0.1, 0.15) is 36.0 Å². The molecule has 4 rings (SSSR count). The molecule has 1 heterocycles. The second-order valence-electron chi connectivity index (χ2n) is 8.82. The lowest BCUT2D eigenvalue weighted by Gasteiger charge is -2.35. The van der Waals surface area contributed by atoms with Gasteiger partial charge in [-0.1, -0.05) is 17.7 Å². The summed E-state index contributed by atoms with van der Waals surface area (Å²) in [4.78, 5) is 16.9. The maximum absolute atomic E-state index is 14.3. The molecular formula is C29H31FN2O5. The van der Waals surface area contributed by atoms with Crippen molar-refractivity contribution < 1.29 is 28.1 Å². The molecule has 2 aromatic rings. The van der Waals surface area contributed by atoms with Gasteiger partial charge in [-0.25, -0.2) is 4.39 Å². The number of pyridine rings is 1. The molecule has 1 aromatic heterocycles. The monoisotopic (exact) mass is 506 g/mol. The highest BCUT2D eigenvalue weighted by Crippen LogP contribution is 2.46. The highest BCUT2D eigenvalue weighted by molar-refractivity contribution is 5.88. The minimum absolute atomic E-state index is 0.122. The largest absolute Gasteiger partial charge is 0.495 e. The second-order valence-corrected chi connectivity index (χ2v) is 8.82. The van der Waals surface area contributed by atoms with Gasteiger partial charge in [0, 0.05) is 45.5 Å². The van der Waals surface area contributed by atoms with Crippen LogP contribution in [0.5, 0.6) is 0 Å². The van der Waals surface area contributed by atoms with Crippen LogP contribution < -0.4 is 5.32 Å². The fourth-order valence-electron chi connectivity index (χ4n) is 4.89. The number of allylic oxidation sites excluding steroid dienone is 6. The minimum Gasteiger partial charge on any atom is -0.495 e. The Hall–Kier alpha value is -3.75. The van der Waals surface area contributed by atoms with Crippen molar-refractivity contribution in [3.63, 3.8) is 0 Å². The summed E-state index contributed by atoms with van der Waals surface area (Å²) in [6, 6.07) is 8.43. The Balaban J connectivity index is 1.68. The number of halogens is 1. The molecular weight excluding hydrogens is 475 g/mol. The van der Waals surface area contributed by atoms with E-state index in [1.807, 2.05) is 37.3 Å². The molecule has 1 aromatic carbocycles. The van der Waals surface area contributed by atoms with Gasteiger partial charge in [0.05, 0.1) is 14.2 Å². The van der Waals surface area contributed by atoms with E-state index >= 15 is 0 Å². The molecule has 8 heteroatoms. The van der Waals surface area contributed by atoms with Crippen molar-refractivity contribution in [2.24, 2.45) is 0 Å². The summed E-state index contributed by atoms with van der Waals surface area (Å²) in [7, 11) is 6.09. The lowest BCUT2D eigenvalue weighted by molar-refractivity contribution is -0.195. The lowest BCUT2D eigenvalue weighted by Crippen LogP contribution is -2.41. The van der Waals surface area contributed by atoms with Gasteiger partial charge in [0.15, 0.2) is 11.5 Å². The molecule has 1 amide bonds. The van der Waals surface area contributed by atoms with Crippen LogP contribution in [-0.4, -0.2) is 45.1 Å². The van der Waals surface area contributed by atoms with Gasteiger partial charge in [0.25, 0.3) is 5.79 Å². The Morgan fingerprint density at radius 2 is 1.81 bits per heavy atom. The van der Waals surface area contributed by atoms with E-state index in [2.05, 4.69) is 10.3 Å². The number of aromatic nitrogens is 1. The van der Waals surface area contributed by atoms with E-state index in [0.29, 0.717) is 18.1 Å². The molecule has 7 nitrogen and oxygen atoms in total. The number of rotatable bonds is 9. The Kier molecular flexibility index (Phi) is 7.90. The third kappa shape index (κ3) is 5.08. The average Bonchev–Trinajstić information content (AvgIpc) is 3.16.